The summed E-state index contributed by atoms with van der Waals surface area (Å²) in [6.07, 6.45) is 9.38. The van der Waals surface area contributed by atoms with Crippen molar-refractivity contribution in [1.29, 1.82) is 0 Å². The molecule has 0 amide bonds. The van der Waals surface area contributed by atoms with Crippen LogP contribution in [0.1, 0.15) is 65.2 Å². The van der Waals surface area contributed by atoms with Crippen LogP contribution in [-0.4, -0.2) is 11.8 Å². The molecule has 18 heavy (non-hydrogen) atoms. The zero-order valence-corrected chi connectivity index (χ0v) is 12.0. The number of nitrogens with two attached hydrogens (primary N) is 1. The first-order valence-corrected chi connectivity index (χ1v) is 7.95. The monoisotopic (exact) mass is 251 g/mol. The number of unbranched alkanes of at least 4 members (excludes halogenated alkanes) is 1. The normalized spacial score (nSPS) is 35.9. The van der Waals surface area contributed by atoms with E-state index in [9.17, 15) is 4.79 Å². The number of hydrogen-bond donors (Lipinski definition) is 1. The van der Waals surface area contributed by atoms with Crippen molar-refractivity contribution >= 4 is 5.78 Å². The Bertz CT molecular complexity index is 287. The summed E-state index contributed by atoms with van der Waals surface area (Å²) >= 11 is 0. The zero-order chi connectivity index (χ0) is 13.1. The molecule has 2 rings (SSSR count). The molecule has 0 aliphatic heterocycles. The van der Waals surface area contributed by atoms with Crippen molar-refractivity contribution in [1.82, 2.24) is 0 Å². The molecule has 2 aliphatic carbocycles. The van der Waals surface area contributed by atoms with Crippen LogP contribution in [0.5, 0.6) is 0 Å². The molecule has 2 bridgehead atoms. The first kappa shape index (κ1) is 14.0. The Morgan fingerprint density at radius 2 is 2.00 bits per heavy atom. The molecule has 5 atom stereocenters. The molecule has 0 radical (unpaired) electrons. The van der Waals surface area contributed by atoms with E-state index in [0.717, 1.165) is 12.8 Å². The molecule has 2 nitrogen and oxygen atoms in total. The topological polar surface area (TPSA) is 43.1 Å². The lowest BCUT2D eigenvalue weighted by atomic mass is 9.78. The second kappa shape index (κ2) is 6.18. The van der Waals surface area contributed by atoms with Crippen LogP contribution in [0.3, 0.4) is 0 Å². The third-order valence-electron chi connectivity index (χ3n) is 5.39. The Kier molecular flexibility index (Phi) is 4.83. The lowest BCUT2D eigenvalue weighted by Crippen LogP contribution is -2.40. The van der Waals surface area contributed by atoms with Gasteiger partial charge in [-0.2, -0.15) is 0 Å². The fourth-order valence-corrected chi connectivity index (χ4v) is 4.18. The van der Waals surface area contributed by atoms with Gasteiger partial charge in [-0.1, -0.05) is 39.5 Å². The summed E-state index contributed by atoms with van der Waals surface area (Å²) in [5.74, 6) is 2.57. The van der Waals surface area contributed by atoms with Crippen molar-refractivity contribution in [2.24, 2.45) is 29.4 Å². The van der Waals surface area contributed by atoms with Crippen LogP contribution >= 0.6 is 0 Å². The first-order valence-electron chi connectivity index (χ1n) is 7.95. The number of carbonyl (C=O) groups is 1. The standard InChI is InChI=1S/C16H29NO/c1-3-5-6-11(4-2)9-14(18)15-12-7-8-13(10-12)16(15)17/h11-13,15-16H,3-10,17H2,1-2H3. The highest BCUT2D eigenvalue weighted by Crippen LogP contribution is 2.48. The van der Waals surface area contributed by atoms with Crippen LogP contribution in [0.25, 0.3) is 0 Å². The third kappa shape index (κ3) is 2.79. The van der Waals surface area contributed by atoms with Gasteiger partial charge in [0.25, 0.3) is 0 Å². The fraction of sp³-hybridized carbons (Fsp3) is 0.938. The third-order valence-corrected chi connectivity index (χ3v) is 5.39. The summed E-state index contributed by atoms with van der Waals surface area (Å²) in [6.45, 7) is 4.44. The summed E-state index contributed by atoms with van der Waals surface area (Å²) in [5, 5.41) is 0. The van der Waals surface area contributed by atoms with E-state index in [1.165, 1.54) is 38.5 Å². The molecule has 0 aromatic heterocycles. The maximum atomic E-state index is 12.5. The Hall–Kier alpha value is -0.370. The molecule has 2 heteroatoms. The lowest BCUT2D eigenvalue weighted by Gasteiger charge is -2.28. The predicted molar refractivity (Wildman–Crippen MR) is 75.2 cm³/mol. The van der Waals surface area contributed by atoms with Crippen LogP contribution in [0.4, 0.5) is 0 Å². The highest BCUT2D eigenvalue weighted by Gasteiger charge is 2.48. The van der Waals surface area contributed by atoms with Crippen molar-refractivity contribution in [3.8, 4) is 0 Å². The SMILES string of the molecule is CCCCC(CC)CC(=O)C1C2CCC(C2)C1N. The van der Waals surface area contributed by atoms with E-state index in [4.69, 9.17) is 5.73 Å². The number of rotatable bonds is 7. The fourth-order valence-electron chi connectivity index (χ4n) is 4.18. The summed E-state index contributed by atoms with van der Waals surface area (Å²) in [4.78, 5) is 12.5. The first-order chi connectivity index (χ1) is 8.67. The Balaban J connectivity index is 1.87. The minimum absolute atomic E-state index is 0.180. The Morgan fingerprint density at radius 1 is 1.28 bits per heavy atom. The Labute approximate surface area is 112 Å². The van der Waals surface area contributed by atoms with Crippen molar-refractivity contribution in [3.05, 3.63) is 0 Å². The second-order valence-electron chi connectivity index (χ2n) is 6.52. The molecule has 0 aromatic carbocycles. The van der Waals surface area contributed by atoms with E-state index >= 15 is 0 Å². The summed E-state index contributed by atoms with van der Waals surface area (Å²) < 4.78 is 0. The number of Topliss-reactive ketones (excluding diaryl/α,β-unsaturated/α-hetero) is 1. The number of fused-ring (bicyclic) bond motifs is 2. The van der Waals surface area contributed by atoms with Gasteiger partial charge in [-0.25, -0.2) is 0 Å². The summed E-state index contributed by atoms with van der Waals surface area (Å²) in [5.41, 5.74) is 6.26. The summed E-state index contributed by atoms with van der Waals surface area (Å²) in [6, 6.07) is 0.180. The second-order valence-corrected chi connectivity index (χ2v) is 6.52. The average molecular weight is 251 g/mol. The van der Waals surface area contributed by atoms with Crippen molar-refractivity contribution in [2.75, 3.05) is 0 Å². The predicted octanol–water partition coefficient (Wildman–Crippen LogP) is 3.54. The van der Waals surface area contributed by atoms with Gasteiger partial charge in [0.05, 0.1) is 0 Å². The van der Waals surface area contributed by atoms with E-state index in [-0.39, 0.29) is 12.0 Å². The number of hydrogen-bond acceptors (Lipinski definition) is 2. The minimum Gasteiger partial charge on any atom is -0.327 e. The number of carbonyl (C=O) groups excluding carboxylic acids is 1. The molecule has 5 unspecified atom stereocenters. The van der Waals surface area contributed by atoms with Crippen molar-refractivity contribution in [3.63, 3.8) is 0 Å². The van der Waals surface area contributed by atoms with Crippen LogP contribution in [0.15, 0.2) is 0 Å². The van der Waals surface area contributed by atoms with E-state index in [1.54, 1.807) is 0 Å². The minimum atomic E-state index is 0.180. The van der Waals surface area contributed by atoms with Gasteiger partial charge in [0.15, 0.2) is 0 Å². The molecular weight excluding hydrogens is 222 g/mol. The van der Waals surface area contributed by atoms with Crippen LogP contribution in [-0.2, 0) is 4.79 Å². The quantitative estimate of drug-likeness (QED) is 0.752. The maximum absolute atomic E-state index is 12.5. The molecule has 2 aliphatic rings. The number of ketones is 1. The molecular formula is C16H29NO. The summed E-state index contributed by atoms with van der Waals surface area (Å²) in [7, 11) is 0. The molecule has 2 saturated carbocycles. The molecule has 0 aromatic rings. The van der Waals surface area contributed by atoms with Gasteiger partial charge in [-0.3, -0.25) is 4.79 Å². The van der Waals surface area contributed by atoms with Gasteiger partial charge in [0.2, 0.25) is 0 Å². The van der Waals surface area contributed by atoms with Crippen molar-refractivity contribution < 1.29 is 4.79 Å². The van der Waals surface area contributed by atoms with Gasteiger partial charge in [0, 0.05) is 18.4 Å². The molecule has 2 fully saturated rings. The molecule has 0 spiro atoms. The van der Waals surface area contributed by atoms with Crippen LogP contribution in [0, 0.1) is 23.7 Å². The molecule has 0 heterocycles. The van der Waals surface area contributed by atoms with Crippen LogP contribution in [0.2, 0.25) is 0 Å². The van der Waals surface area contributed by atoms with Gasteiger partial charge in [-0.05, 0) is 37.0 Å². The van der Waals surface area contributed by atoms with Gasteiger partial charge >= 0.3 is 0 Å². The van der Waals surface area contributed by atoms with E-state index in [2.05, 4.69) is 13.8 Å². The molecule has 104 valence electrons. The maximum Gasteiger partial charge on any atom is 0.138 e. The van der Waals surface area contributed by atoms with Crippen molar-refractivity contribution in [2.45, 2.75) is 71.3 Å². The van der Waals surface area contributed by atoms with Gasteiger partial charge in [0.1, 0.15) is 5.78 Å². The van der Waals surface area contributed by atoms with Crippen LogP contribution < -0.4 is 5.73 Å². The van der Waals surface area contributed by atoms with Gasteiger partial charge < -0.3 is 5.73 Å². The zero-order valence-electron chi connectivity index (χ0n) is 12.0. The van der Waals surface area contributed by atoms with Gasteiger partial charge in [-0.15, -0.1) is 0 Å². The van der Waals surface area contributed by atoms with E-state index < -0.39 is 0 Å². The van der Waals surface area contributed by atoms with E-state index in [0.29, 0.717) is 23.5 Å². The highest BCUT2D eigenvalue weighted by atomic mass is 16.1. The lowest BCUT2D eigenvalue weighted by molar-refractivity contribution is -0.125. The molecule has 0 saturated heterocycles. The van der Waals surface area contributed by atoms with E-state index in [1.807, 2.05) is 0 Å². The smallest absolute Gasteiger partial charge is 0.138 e. The largest absolute Gasteiger partial charge is 0.327 e. The Morgan fingerprint density at radius 3 is 2.56 bits per heavy atom. The highest BCUT2D eigenvalue weighted by molar-refractivity contribution is 5.82. The average Bonchev–Trinajstić information content (AvgIpc) is 2.94. The molecule has 2 N–H and O–H groups in total.